The van der Waals surface area contributed by atoms with Crippen molar-refractivity contribution in [3.8, 4) is 17.0 Å². The third-order valence-corrected chi connectivity index (χ3v) is 3.78. The van der Waals surface area contributed by atoms with Gasteiger partial charge in [-0.15, -0.1) is 0 Å². The van der Waals surface area contributed by atoms with E-state index in [2.05, 4.69) is 5.10 Å². The molecule has 0 saturated carbocycles. The Bertz CT molecular complexity index is 626. The molecule has 1 aromatic heterocycles. The van der Waals surface area contributed by atoms with Gasteiger partial charge in [0.05, 0.1) is 31.7 Å². The van der Waals surface area contributed by atoms with Crippen molar-refractivity contribution in [2.45, 2.75) is 12.1 Å². The Morgan fingerprint density at radius 3 is 2.90 bits per heavy atom. The summed E-state index contributed by atoms with van der Waals surface area (Å²) < 4.78 is 18.2. The minimum absolute atomic E-state index is 0.0282. The molecule has 1 aliphatic rings. The zero-order chi connectivity index (χ0) is 14.8. The molecule has 1 aliphatic heterocycles. The topological polar surface area (TPSA) is 71.5 Å². The fraction of sp³-hybridized carbons (Fsp3) is 0.400. The highest BCUT2D eigenvalue weighted by atomic mass is 16.5. The summed E-state index contributed by atoms with van der Waals surface area (Å²) >= 11 is 0. The summed E-state index contributed by atoms with van der Waals surface area (Å²) in [5.74, 6) is 0.647. The van der Waals surface area contributed by atoms with Crippen LogP contribution < -0.4 is 10.5 Å². The number of methoxy groups -OCH3 is 2. The fourth-order valence-corrected chi connectivity index (χ4v) is 2.65. The van der Waals surface area contributed by atoms with Gasteiger partial charge >= 0.3 is 0 Å². The van der Waals surface area contributed by atoms with E-state index in [0.29, 0.717) is 24.7 Å². The van der Waals surface area contributed by atoms with E-state index in [-0.39, 0.29) is 12.1 Å². The summed E-state index contributed by atoms with van der Waals surface area (Å²) in [5, 5.41) is 4.63. The van der Waals surface area contributed by atoms with Crippen molar-refractivity contribution in [2.75, 3.05) is 33.2 Å². The number of hydrogen-bond donors (Lipinski definition) is 1. The number of anilines is 1. The Morgan fingerprint density at radius 1 is 1.29 bits per heavy atom. The quantitative estimate of drug-likeness (QED) is 0.868. The van der Waals surface area contributed by atoms with Gasteiger partial charge in [0.1, 0.15) is 12.1 Å². The lowest BCUT2D eigenvalue weighted by Crippen LogP contribution is -2.24. The SMILES string of the molecule is COc1c(N)cccc1-c1ccn([C@H]2COC[C@@H]2OC)n1. The highest BCUT2D eigenvalue weighted by Gasteiger charge is 2.30. The minimum atomic E-state index is 0.0282. The van der Waals surface area contributed by atoms with Crippen molar-refractivity contribution in [2.24, 2.45) is 0 Å². The second-order valence-electron chi connectivity index (χ2n) is 4.99. The maximum atomic E-state index is 5.94. The van der Waals surface area contributed by atoms with Crippen LogP contribution in [0.5, 0.6) is 5.75 Å². The first-order valence-electron chi connectivity index (χ1n) is 6.83. The first-order chi connectivity index (χ1) is 10.2. The molecule has 112 valence electrons. The van der Waals surface area contributed by atoms with Crippen molar-refractivity contribution < 1.29 is 14.2 Å². The maximum absolute atomic E-state index is 5.94. The molecule has 0 unspecified atom stereocenters. The van der Waals surface area contributed by atoms with E-state index in [1.807, 2.05) is 35.1 Å². The lowest BCUT2D eigenvalue weighted by Gasteiger charge is -2.16. The normalized spacial score (nSPS) is 21.6. The molecule has 2 N–H and O–H groups in total. The molecule has 0 aliphatic carbocycles. The monoisotopic (exact) mass is 289 g/mol. The summed E-state index contributed by atoms with van der Waals surface area (Å²) in [6.07, 6.45) is 1.96. The van der Waals surface area contributed by atoms with E-state index in [9.17, 15) is 0 Å². The zero-order valence-corrected chi connectivity index (χ0v) is 12.2. The molecule has 6 nitrogen and oxygen atoms in total. The summed E-state index contributed by atoms with van der Waals surface area (Å²) in [6.45, 7) is 1.20. The Balaban J connectivity index is 1.94. The first-order valence-corrected chi connectivity index (χ1v) is 6.83. The Kier molecular flexibility index (Phi) is 3.81. The van der Waals surface area contributed by atoms with Crippen molar-refractivity contribution >= 4 is 5.69 Å². The summed E-state index contributed by atoms with van der Waals surface area (Å²) in [7, 11) is 3.30. The van der Waals surface area contributed by atoms with Gasteiger partial charge in [-0.3, -0.25) is 4.68 Å². The molecular weight excluding hydrogens is 270 g/mol. The van der Waals surface area contributed by atoms with Crippen molar-refractivity contribution in [1.82, 2.24) is 9.78 Å². The Hall–Kier alpha value is -2.05. The molecule has 2 atom stereocenters. The number of ether oxygens (including phenoxy) is 3. The number of nitrogens with two attached hydrogens (primary N) is 1. The van der Waals surface area contributed by atoms with Gasteiger partial charge in [0.2, 0.25) is 0 Å². The standard InChI is InChI=1S/C15H19N3O3/c1-19-14-9-21-8-13(14)18-7-6-12(17-18)10-4-3-5-11(16)15(10)20-2/h3-7,13-14H,8-9,16H2,1-2H3/t13-,14-/m0/s1. The smallest absolute Gasteiger partial charge is 0.151 e. The molecule has 6 heteroatoms. The van der Waals surface area contributed by atoms with E-state index in [1.54, 1.807) is 14.2 Å². The van der Waals surface area contributed by atoms with Crippen LogP contribution in [0.25, 0.3) is 11.3 Å². The molecule has 1 saturated heterocycles. The second kappa shape index (κ2) is 5.75. The van der Waals surface area contributed by atoms with Crippen LogP contribution in [0.4, 0.5) is 5.69 Å². The molecule has 0 radical (unpaired) electrons. The van der Waals surface area contributed by atoms with Crippen LogP contribution in [-0.2, 0) is 9.47 Å². The fourth-order valence-electron chi connectivity index (χ4n) is 2.65. The molecule has 0 amide bonds. The summed E-state index contributed by atoms with van der Waals surface area (Å²) in [5.41, 5.74) is 8.24. The van der Waals surface area contributed by atoms with Gasteiger partial charge in [0.15, 0.2) is 5.75 Å². The predicted octanol–water partition coefficient (Wildman–Crippen LogP) is 1.73. The molecular formula is C15H19N3O3. The molecule has 1 aromatic carbocycles. The van der Waals surface area contributed by atoms with Gasteiger partial charge in [-0.25, -0.2) is 0 Å². The largest absolute Gasteiger partial charge is 0.494 e. The predicted molar refractivity (Wildman–Crippen MR) is 79.3 cm³/mol. The van der Waals surface area contributed by atoms with Crippen LogP contribution in [0, 0.1) is 0 Å². The van der Waals surface area contributed by atoms with Crippen LogP contribution in [0.15, 0.2) is 30.5 Å². The van der Waals surface area contributed by atoms with Crippen LogP contribution >= 0.6 is 0 Å². The number of para-hydroxylation sites is 1. The summed E-state index contributed by atoms with van der Waals surface area (Å²) in [6, 6.07) is 7.69. The average molecular weight is 289 g/mol. The number of benzene rings is 1. The third-order valence-electron chi connectivity index (χ3n) is 3.78. The number of nitrogen functional groups attached to an aromatic ring is 1. The number of aromatic nitrogens is 2. The minimum Gasteiger partial charge on any atom is -0.494 e. The number of rotatable bonds is 4. The van der Waals surface area contributed by atoms with Crippen LogP contribution in [0.1, 0.15) is 6.04 Å². The Labute approximate surface area is 123 Å². The molecule has 0 bridgehead atoms. The van der Waals surface area contributed by atoms with Gasteiger partial charge in [-0.05, 0) is 18.2 Å². The van der Waals surface area contributed by atoms with E-state index < -0.39 is 0 Å². The third kappa shape index (κ3) is 2.48. The molecule has 2 heterocycles. The van der Waals surface area contributed by atoms with Gasteiger partial charge in [0.25, 0.3) is 0 Å². The molecule has 3 rings (SSSR count). The van der Waals surface area contributed by atoms with Crippen molar-refractivity contribution in [1.29, 1.82) is 0 Å². The van der Waals surface area contributed by atoms with E-state index in [0.717, 1.165) is 11.3 Å². The average Bonchev–Trinajstić information content (AvgIpc) is 3.15. The van der Waals surface area contributed by atoms with Gasteiger partial charge in [0, 0.05) is 18.9 Å². The molecule has 1 fully saturated rings. The number of hydrogen-bond acceptors (Lipinski definition) is 5. The zero-order valence-electron chi connectivity index (χ0n) is 12.2. The van der Waals surface area contributed by atoms with E-state index in [4.69, 9.17) is 19.9 Å². The van der Waals surface area contributed by atoms with Gasteiger partial charge < -0.3 is 19.9 Å². The molecule has 0 spiro atoms. The molecule has 2 aromatic rings. The maximum Gasteiger partial charge on any atom is 0.151 e. The van der Waals surface area contributed by atoms with Gasteiger partial charge in [-0.2, -0.15) is 5.10 Å². The second-order valence-corrected chi connectivity index (χ2v) is 4.99. The van der Waals surface area contributed by atoms with Crippen molar-refractivity contribution in [3.63, 3.8) is 0 Å². The lowest BCUT2D eigenvalue weighted by atomic mass is 10.1. The van der Waals surface area contributed by atoms with Crippen LogP contribution in [-0.4, -0.2) is 43.3 Å². The van der Waals surface area contributed by atoms with E-state index >= 15 is 0 Å². The Morgan fingerprint density at radius 2 is 2.14 bits per heavy atom. The molecule has 21 heavy (non-hydrogen) atoms. The van der Waals surface area contributed by atoms with Crippen molar-refractivity contribution in [3.05, 3.63) is 30.5 Å². The number of nitrogens with zero attached hydrogens (tertiary/aromatic N) is 2. The summed E-state index contributed by atoms with van der Waals surface area (Å²) in [4.78, 5) is 0. The van der Waals surface area contributed by atoms with Gasteiger partial charge in [-0.1, -0.05) is 6.07 Å². The highest BCUT2D eigenvalue weighted by molar-refractivity contribution is 5.74. The van der Waals surface area contributed by atoms with Crippen LogP contribution in [0.2, 0.25) is 0 Å². The van der Waals surface area contributed by atoms with Crippen LogP contribution in [0.3, 0.4) is 0 Å². The first kappa shape index (κ1) is 13.9. The highest BCUT2D eigenvalue weighted by Crippen LogP contribution is 2.34. The van der Waals surface area contributed by atoms with E-state index in [1.165, 1.54) is 0 Å². The lowest BCUT2D eigenvalue weighted by molar-refractivity contribution is 0.0665.